The maximum Gasteiger partial charge on any atom is 0.303 e. The van der Waals surface area contributed by atoms with Crippen LogP contribution in [0.2, 0.25) is 0 Å². The number of carboxylic acid groups (broad SMARTS) is 1. The molecule has 0 aliphatic heterocycles. The molecule has 0 spiro atoms. The monoisotopic (exact) mass is 304 g/mol. The van der Waals surface area contributed by atoms with Crippen LogP contribution in [0.1, 0.15) is 61.7 Å². The van der Waals surface area contributed by atoms with Crippen LogP contribution in [0, 0.1) is 5.92 Å². The van der Waals surface area contributed by atoms with Gasteiger partial charge in [-0.25, -0.2) is 0 Å². The van der Waals surface area contributed by atoms with Gasteiger partial charge in [-0.1, -0.05) is 32.1 Å². The van der Waals surface area contributed by atoms with Gasteiger partial charge in [0.25, 0.3) is 5.91 Å². The van der Waals surface area contributed by atoms with Gasteiger partial charge in [0.1, 0.15) is 0 Å². The molecule has 1 saturated carbocycles. The Kier molecular flexibility index (Phi) is 6.37. The Morgan fingerprint density at radius 3 is 2.73 bits per heavy atom. The molecule has 5 nitrogen and oxygen atoms in total. The first kappa shape index (κ1) is 16.5. The molecular formula is C17H24N2O3. The fraction of sp³-hybridized carbons (Fsp3) is 0.588. The van der Waals surface area contributed by atoms with Crippen LogP contribution in [-0.4, -0.2) is 28.0 Å². The second-order valence-corrected chi connectivity index (χ2v) is 6.08. The van der Waals surface area contributed by atoms with E-state index < -0.39 is 5.97 Å². The van der Waals surface area contributed by atoms with Crippen molar-refractivity contribution in [2.24, 2.45) is 5.92 Å². The number of hydrogen-bond donors (Lipinski definition) is 2. The third-order valence-corrected chi connectivity index (χ3v) is 4.31. The Labute approximate surface area is 131 Å². The Bertz CT molecular complexity index is 484. The molecule has 0 bridgehead atoms. The van der Waals surface area contributed by atoms with E-state index in [0.29, 0.717) is 17.9 Å². The summed E-state index contributed by atoms with van der Waals surface area (Å²) in [5.41, 5.74) is 0.520. The van der Waals surface area contributed by atoms with E-state index in [0.717, 1.165) is 6.42 Å². The minimum Gasteiger partial charge on any atom is -0.481 e. The average Bonchev–Trinajstić information content (AvgIpc) is 2.54. The lowest BCUT2D eigenvalue weighted by molar-refractivity contribution is -0.137. The van der Waals surface area contributed by atoms with Gasteiger partial charge in [0.15, 0.2) is 0 Å². The predicted octanol–water partition coefficient (Wildman–Crippen LogP) is 3.02. The molecule has 1 amide bonds. The Morgan fingerprint density at radius 1 is 1.32 bits per heavy atom. The van der Waals surface area contributed by atoms with E-state index in [2.05, 4.69) is 10.3 Å². The predicted molar refractivity (Wildman–Crippen MR) is 83.6 cm³/mol. The van der Waals surface area contributed by atoms with E-state index in [9.17, 15) is 9.59 Å². The number of carbonyl (C=O) groups excluding carboxylic acids is 1. The molecule has 1 atom stereocenters. The number of carbonyl (C=O) groups is 2. The van der Waals surface area contributed by atoms with Crippen LogP contribution in [0.5, 0.6) is 0 Å². The smallest absolute Gasteiger partial charge is 0.303 e. The van der Waals surface area contributed by atoms with Crippen molar-refractivity contribution in [3.05, 3.63) is 30.1 Å². The summed E-state index contributed by atoms with van der Waals surface area (Å²) in [6, 6.07) is 3.37. The zero-order valence-corrected chi connectivity index (χ0v) is 12.8. The second kappa shape index (κ2) is 8.51. The summed E-state index contributed by atoms with van der Waals surface area (Å²) in [6.45, 7) is 0. The van der Waals surface area contributed by atoms with Crippen molar-refractivity contribution < 1.29 is 14.7 Å². The molecule has 120 valence electrons. The van der Waals surface area contributed by atoms with Gasteiger partial charge in [0.2, 0.25) is 0 Å². The lowest BCUT2D eigenvalue weighted by atomic mass is 9.84. The van der Waals surface area contributed by atoms with E-state index in [1.807, 2.05) is 0 Å². The summed E-state index contributed by atoms with van der Waals surface area (Å²) in [4.78, 5) is 27.0. The lowest BCUT2D eigenvalue weighted by Crippen LogP contribution is -2.37. The van der Waals surface area contributed by atoms with Crippen LogP contribution in [0.15, 0.2) is 24.5 Å². The van der Waals surface area contributed by atoms with Crippen molar-refractivity contribution >= 4 is 11.9 Å². The molecule has 1 fully saturated rings. The molecule has 0 radical (unpaired) electrons. The Hall–Kier alpha value is -1.91. The highest BCUT2D eigenvalue weighted by Crippen LogP contribution is 2.28. The normalized spacial score (nSPS) is 16.9. The van der Waals surface area contributed by atoms with Gasteiger partial charge >= 0.3 is 5.97 Å². The van der Waals surface area contributed by atoms with Gasteiger partial charge in [0.05, 0.1) is 5.56 Å². The van der Waals surface area contributed by atoms with Gasteiger partial charge in [-0.15, -0.1) is 0 Å². The van der Waals surface area contributed by atoms with Crippen LogP contribution < -0.4 is 5.32 Å². The number of pyridine rings is 1. The van der Waals surface area contributed by atoms with E-state index in [1.165, 1.54) is 38.3 Å². The molecule has 0 aromatic carbocycles. The third-order valence-electron chi connectivity index (χ3n) is 4.31. The number of carboxylic acids is 1. The van der Waals surface area contributed by atoms with Crippen molar-refractivity contribution in [3.8, 4) is 0 Å². The largest absolute Gasteiger partial charge is 0.481 e. The van der Waals surface area contributed by atoms with Crippen molar-refractivity contribution in [1.82, 2.24) is 10.3 Å². The number of hydrogen-bond acceptors (Lipinski definition) is 3. The summed E-state index contributed by atoms with van der Waals surface area (Å²) in [5, 5.41) is 11.9. The number of rotatable bonds is 7. The number of nitrogens with zero attached hydrogens (tertiary/aromatic N) is 1. The number of nitrogens with one attached hydrogen (secondary N) is 1. The molecule has 1 aromatic heterocycles. The van der Waals surface area contributed by atoms with E-state index in [1.54, 1.807) is 18.3 Å². The first-order chi connectivity index (χ1) is 10.6. The second-order valence-electron chi connectivity index (χ2n) is 6.08. The van der Waals surface area contributed by atoms with Gasteiger partial charge in [-0.3, -0.25) is 14.6 Å². The molecule has 22 heavy (non-hydrogen) atoms. The van der Waals surface area contributed by atoms with Crippen molar-refractivity contribution in [2.45, 2.75) is 57.4 Å². The summed E-state index contributed by atoms with van der Waals surface area (Å²) in [7, 11) is 0. The summed E-state index contributed by atoms with van der Waals surface area (Å²) >= 11 is 0. The van der Waals surface area contributed by atoms with Gasteiger partial charge in [0, 0.05) is 24.9 Å². The highest BCUT2D eigenvalue weighted by atomic mass is 16.4. The SMILES string of the molecule is O=C(O)CCC(CC1CCCCC1)NC(=O)c1cccnc1. The molecule has 1 aliphatic rings. The van der Waals surface area contributed by atoms with E-state index in [-0.39, 0.29) is 18.4 Å². The fourth-order valence-corrected chi connectivity index (χ4v) is 3.14. The van der Waals surface area contributed by atoms with Crippen LogP contribution in [0.25, 0.3) is 0 Å². The number of aromatic nitrogens is 1. The third kappa shape index (κ3) is 5.47. The number of aliphatic carboxylic acids is 1. The molecular weight excluding hydrogens is 280 g/mol. The zero-order chi connectivity index (χ0) is 15.8. The minimum atomic E-state index is -0.815. The lowest BCUT2D eigenvalue weighted by Gasteiger charge is -2.27. The van der Waals surface area contributed by atoms with Crippen LogP contribution in [-0.2, 0) is 4.79 Å². The van der Waals surface area contributed by atoms with Crippen LogP contribution in [0.4, 0.5) is 0 Å². The Balaban J connectivity index is 1.93. The van der Waals surface area contributed by atoms with Gasteiger partial charge in [-0.05, 0) is 30.9 Å². The van der Waals surface area contributed by atoms with Crippen LogP contribution in [0.3, 0.4) is 0 Å². The average molecular weight is 304 g/mol. The Morgan fingerprint density at radius 2 is 2.09 bits per heavy atom. The van der Waals surface area contributed by atoms with Crippen LogP contribution >= 0.6 is 0 Å². The summed E-state index contributed by atoms with van der Waals surface area (Å²) < 4.78 is 0. The van der Waals surface area contributed by atoms with E-state index in [4.69, 9.17) is 5.11 Å². The van der Waals surface area contributed by atoms with Crippen molar-refractivity contribution in [2.75, 3.05) is 0 Å². The zero-order valence-electron chi connectivity index (χ0n) is 12.8. The first-order valence-corrected chi connectivity index (χ1v) is 8.08. The molecule has 1 aromatic rings. The topological polar surface area (TPSA) is 79.3 Å². The van der Waals surface area contributed by atoms with Gasteiger partial charge in [-0.2, -0.15) is 0 Å². The number of amides is 1. The molecule has 2 rings (SSSR count). The maximum atomic E-state index is 12.2. The fourth-order valence-electron chi connectivity index (χ4n) is 3.14. The summed E-state index contributed by atoms with van der Waals surface area (Å²) in [5.74, 6) is -0.384. The molecule has 1 unspecified atom stereocenters. The maximum absolute atomic E-state index is 12.2. The minimum absolute atomic E-state index is 0.0769. The molecule has 0 saturated heterocycles. The highest BCUT2D eigenvalue weighted by molar-refractivity contribution is 5.94. The quantitative estimate of drug-likeness (QED) is 0.811. The first-order valence-electron chi connectivity index (χ1n) is 8.08. The summed E-state index contributed by atoms with van der Waals surface area (Å²) in [6.07, 6.45) is 10.8. The molecule has 2 N–H and O–H groups in total. The standard InChI is InChI=1S/C17H24N2O3/c20-16(21)9-8-15(11-13-5-2-1-3-6-13)19-17(22)14-7-4-10-18-12-14/h4,7,10,12-13,15H,1-3,5-6,8-9,11H2,(H,19,22)(H,20,21). The molecule has 1 aliphatic carbocycles. The molecule has 1 heterocycles. The van der Waals surface area contributed by atoms with E-state index >= 15 is 0 Å². The van der Waals surface area contributed by atoms with Crippen molar-refractivity contribution in [3.63, 3.8) is 0 Å². The van der Waals surface area contributed by atoms with Gasteiger partial charge < -0.3 is 10.4 Å². The molecule has 5 heteroatoms. The highest BCUT2D eigenvalue weighted by Gasteiger charge is 2.21. The van der Waals surface area contributed by atoms with Crippen molar-refractivity contribution in [1.29, 1.82) is 0 Å².